The first-order valence-corrected chi connectivity index (χ1v) is 48.0. The number of amidine groups is 1. The van der Waals surface area contributed by atoms with Gasteiger partial charge < -0.3 is 85.7 Å². The van der Waals surface area contributed by atoms with Crippen LogP contribution in [-0.4, -0.2) is 186 Å². The summed E-state index contributed by atoms with van der Waals surface area (Å²) < 4.78 is 93.1. The van der Waals surface area contributed by atoms with Gasteiger partial charge in [0.1, 0.15) is 63.6 Å². The van der Waals surface area contributed by atoms with E-state index in [9.17, 15) is 56.6 Å². The fraction of sp³-hybridized carbons (Fsp3) is 0.554. The summed E-state index contributed by atoms with van der Waals surface area (Å²) in [6.07, 6.45) is 15.3. The maximum Gasteiger partial charge on any atom is 0.519 e. The number of hydrogen-bond donors (Lipinski definition) is 4. The molecular formula is C101H141ClF3N15O20. The van der Waals surface area contributed by atoms with Crippen molar-refractivity contribution in [2.75, 3.05) is 27.3 Å². The number of aromatic carboxylic acids is 1. The van der Waals surface area contributed by atoms with Crippen molar-refractivity contribution in [1.29, 1.82) is 0 Å². The Hall–Kier alpha value is -12.5. The molecule has 2 saturated carbocycles. The first kappa shape index (κ1) is 115. The van der Waals surface area contributed by atoms with Crippen molar-refractivity contribution in [2.45, 2.75) is 294 Å². The second-order valence-corrected chi connectivity index (χ2v) is 35.6. The minimum atomic E-state index is -4.49. The molecule has 3 aliphatic rings. The van der Waals surface area contributed by atoms with E-state index >= 15 is 0 Å². The average Bonchev–Trinajstić information content (AvgIpc) is 1.60. The van der Waals surface area contributed by atoms with Crippen molar-refractivity contribution >= 4 is 103 Å². The number of likely N-dealkylation sites (N-methyl/N-ethyl adjacent to an activating group) is 2. The molecule has 4 N–H and O–H groups in total. The molecule has 0 saturated heterocycles. The van der Waals surface area contributed by atoms with Crippen molar-refractivity contribution in [3.8, 4) is 23.4 Å². The van der Waals surface area contributed by atoms with Crippen LogP contribution in [0.5, 0.6) is 12.0 Å². The van der Waals surface area contributed by atoms with E-state index in [4.69, 9.17) is 69.2 Å². The lowest BCUT2D eigenvalue weighted by Crippen LogP contribution is -2.45. The summed E-state index contributed by atoms with van der Waals surface area (Å²) in [6, 6.07) is 20.7. The molecule has 2 atom stereocenters. The number of para-hydroxylation sites is 4. The molecular weight excluding hydrogens is 1840 g/mol. The minimum Gasteiger partial charge on any atom is -0.480 e. The predicted octanol–water partition coefficient (Wildman–Crippen LogP) is 19.6. The van der Waals surface area contributed by atoms with E-state index in [-0.39, 0.29) is 84.0 Å². The number of benzene rings is 4. The number of fused-ring (bicyclic) bond motifs is 4. The smallest absolute Gasteiger partial charge is 0.480 e. The van der Waals surface area contributed by atoms with Crippen molar-refractivity contribution < 1.29 is 104 Å². The van der Waals surface area contributed by atoms with Gasteiger partial charge in [-0.2, -0.15) is 23.1 Å². The van der Waals surface area contributed by atoms with Gasteiger partial charge in [-0.05, 0) is 160 Å². The molecule has 0 radical (unpaired) electrons. The number of ether oxygens (including phenoxy) is 6. The van der Waals surface area contributed by atoms with Crippen molar-refractivity contribution in [3.63, 3.8) is 0 Å². The van der Waals surface area contributed by atoms with Gasteiger partial charge >= 0.3 is 42.0 Å². The summed E-state index contributed by atoms with van der Waals surface area (Å²) in [5, 5.41) is 37.8. The molecule has 140 heavy (non-hydrogen) atoms. The number of aliphatic hydroxyl groups is 2. The van der Waals surface area contributed by atoms with Crippen molar-refractivity contribution in [2.24, 2.45) is 53.2 Å². The number of esters is 2. The Morgan fingerprint density at radius 1 is 0.621 bits per heavy atom. The van der Waals surface area contributed by atoms with Crippen LogP contribution in [0.3, 0.4) is 0 Å². The number of aryl methyl sites for hydroxylation is 8. The molecule has 14 rings (SSSR count). The number of carbonyl (C=O) groups is 7. The number of hydrogen-bond acceptors (Lipinski definition) is 25. The van der Waals surface area contributed by atoms with Gasteiger partial charge in [0.05, 0.1) is 80.8 Å². The molecule has 39 heteroatoms. The number of unbranched alkanes of at least 4 members (excludes halogenated alkanes) is 4. The first-order valence-electron chi connectivity index (χ1n) is 47.6. The second-order valence-electron chi connectivity index (χ2n) is 35.3. The van der Waals surface area contributed by atoms with Crippen molar-refractivity contribution in [1.82, 2.24) is 67.1 Å². The molecule has 11 aromatic rings. The Kier molecular flexibility index (Phi) is 43.1. The third-order valence-corrected chi connectivity index (χ3v) is 24.4. The van der Waals surface area contributed by atoms with Crippen LogP contribution >= 0.6 is 11.6 Å². The van der Waals surface area contributed by atoms with Crippen LogP contribution in [0.4, 0.5) is 18.0 Å². The number of carbonyl (C=O) groups excluding carboxylic acids is 5. The summed E-state index contributed by atoms with van der Waals surface area (Å²) in [5.41, 5.74) is 4.29. The zero-order valence-corrected chi connectivity index (χ0v) is 84.6. The Balaban J connectivity index is 0.000000226. The Bertz CT molecular complexity index is 6090. The maximum absolute atomic E-state index is 13.8. The molecule has 35 nitrogen and oxygen atoms in total. The standard InChI is InChI=1S/C21H21F3N4.C20H26N2O6.C16H22N2O6.C12H20N2O.C11H12N2O3.C11H21NO3.C9H15ClN2O.CH4/c1-4-5-10-18-26-19-14(21(22,23)24)11-13(12-17(19)27(18)2)20-25-15-8-6-7-9-16(15)28(20)3;1-4-25-19-21-16-12-8-11-15(17(16)22(19)3)18(23)26-13(2)27-20(24)28-14-9-6-5-7-10-14;1-6-7-11-17-13(16(3,4)21)12(18(11)5)14(19)22-8-10-9(2)23-15(20)24-10;1-3-4-7-10-13-12(8-5-6-9-12)11(15)14(10)2;1-3-16-11-12-8-6-4-5-7(10(14)15)9(8)13(11)2;1-5-6-7-9(13)12(4)10(8(2)3)11(14)15;1-3-4-5-8-11-9(10)7(6-13)12(8)2;/h6-9,11-12H,4-5,10H2,1-3H3;8,11-14H,4-7,9-10H2,1-3H3;21H,6-8H2,1-5H3;3-9H2,1-2H3;4-6H,3H2,1-2H3,(H,14,15);8,10H,5-7H2,1-4H3,(H,14,15);13H,3-6H2,1-2H3;1H4/t;;;;;10-;;/m.....0../s1. The summed E-state index contributed by atoms with van der Waals surface area (Å²) >= 11 is 5.84. The molecule has 8 heterocycles. The molecule has 1 unspecified atom stereocenters. The number of aliphatic hydroxyl groups excluding tert-OH is 1. The van der Waals surface area contributed by atoms with E-state index in [1.807, 2.05) is 103 Å². The predicted molar refractivity (Wildman–Crippen MR) is 527 cm³/mol. The van der Waals surface area contributed by atoms with Crippen LogP contribution in [0.2, 0.25) is 5.15 Å². The van der Waals surface area contributed by atoms with Gasteiger partial charge in [-0.1, -0.05) is 137 Å². The SMILES string of the molecule is C.CCCCC(=O)N(C)[C@H](C(=O)O)C(C)C.CCCCC1=NC2(CCCC2)C(=O)N1C.CCCCc1nc(Cl)c(CO)n1C.CCCCc1nc2c(C(F)(F)F)cc(-c3nc4ccccc4n3C)cc2n1C.CCCc1nc(C(C)(C)O)c(C(=O)OCc2oc(=O)oc2C)n1C.CCOc1nc2cccc(C(=O)O)c2n1C.CCOc1nc2cccc(C(=O)OC(C)OC(=O)OC3CCCCC3)c2n1C. The first-order chi connectivity index (χ1) is 65.9. The van der Waals surface area contributed by atoms with Gasteiger partial charge in [0, 0.05) is 101 Å². The zero-order chi connectivity index (χ0) is 103. The average molecular weight is 1980 g/mol. The fourth-order valence-electron chi connectivity index (χ4n) is 16.5. The van der Waals surface area contributed by atoms with Gasteiger partial charge in [0.2, 0.25) is 12.2 Å². The number of imidazole rings is 6. The molecule has 4 aromatic carbocycles. The van der Waals surface area contributed by atoms with E-state index in [1.54, 1.807) is 122 Å². The van der Waals surface area contributed by atoms with Crippen LogP contribution in [0.15, 0.2) is 91.4 Å². The lowest BCUT2D eigenvalue weighted by molar-refractivity contribution is -0.151. The number of rotatable bonds is 32. The van der Waals surface area contributed by atoms with Gasteiger partial charge in [-0.15, -0.1) is 0 Å². The molecule has 1 aliphatic heterocycles. The highest BCUT2D eigenvalue weighted by molar-refractivity contribution is 6.30. The number of carboxylic acids is 2. The fourth-order valence-corrected chi connectivity index (χ4v) is 16.8. The monoisotopic (exact) mass is 1980 g/mol. The van der Waals surface area contributed by atoms with Gasteiger partial charge in [-0.3, -0.25) is 23.7 Å². The zero-order valence-electron chi connectivity index (χ0n) is 83.9. The molecule has 2 amide bonds. The minimum absolute atomic E-state index is 0. The second kappa shape index (κ2) is 52.7. The summed E-state index contributed by atoms with van der Waals surface area (Å²) in [6.45, 7) is 24.5. The molecule has 1 spiro atoms. The van der Waals surface area contributed by atoms with Crippen molar-refractivity contribution in [3.05, 3.63) is 151 Å². The Labute approximate surface area is 820 Å². The van der Waals surface area contributed by atoms with Crippen LogP contribution in [0.1, 0.15) is 296 Å². The van der Waals surface area contributed by atoms with Crippen LogP contribution in [0, 0.1) is 12.8 Å². The number of carboxylic acid groups (broad SMARTS) is 2. The van der Waals surface area contributed by atoms with E-state index in [1.165, 1.54) is 17.9 Å². The lowest BCUT2D eigenvalue weighted by atomic mass is 9.98. The largest absolute Gasteiger partial charge is 0.519 e. The third kappa shape index (κ3) is 29.1. The quantitative estimate of drug-likeness (QED) is 0.0173. The number of nitrogens with zero attached hydrogens (tertiary/aromatic N) is 15. The van der Waals surface area contributed by atoms with E-state index in [0.29, 0.717) is 112 Å². The summed E-state index contributed by atoms with van der Waals surface area (Å²) in [5.74, 6) is 0.308. The Morgan fingerprint density at radius 3 is 1.69 bits per heavy atom. The topological polar surface area (TPSA) is 425 Å². The highest BCUT2D eigenvalue weighted by atomic mass is 35.5. The highest BCUT2D eigenvalue weighted by Crippen LogP contribution is 2.41. The molecule has 7 aromatic heterocycles. The highest BCUT2D eigenvalue weighted by Gasteiger charge is 2.48. The number of halogens is 4. The van der Waals surface area contributed by atoms with Gasteiger partial charge in [0.25, 0.3) is 17.9 Å². The van der Waals surface area contributed by atoms with Gasteiger partial charge in [0.15, 0.2) is 29.0 Å². The lowest BCUT2D eigenvalue weighted by Gasteiger charge is -2.27. The van der Waals surface area contributed by atoms with Crippen LogP contribution < -0.4 is 15.3 Å². The molecule has 2 aliphatic carbocycles. The number of amides is 2. The van der Waals surface area contributed by atoms with Gasteiger partial charge in [-0.25, -0.2) is 48.7 Å². The number of aliphatic carboxylic acids is 1. The third-order valence-electron chi connectivity index (χ3n) is 24.1. The van der Waals surface area contributed by atoms with E-state index in [2.05, 4.69) is 43.8 Å². The normalized spacial score (nSPS) is 13.8. The number of aliphatic imine (C=N–C) groups is 1. The van der Waals surface area contributed by atoms with E-state index < -0.39 is 65.5 Å². The molecule has 768 valence electrons. The summed E-state index contributed by atoms with van der Waals surface area (Å²) in [7, 11) is 14.1. The number of aromatic nitrogens is 12. The maximum atomic E-state index is 13.8. The molecule has 0 bridgehead atoms. The number of alkyl halides is 3. The van der Waals surface area contributed by atoms with Crippen LogP contribution in [0.25, 0.3) is 55.5 Å². The molecule has 2 fully saturated rings. The van der Waals surface area contributed by atoms with Crippen LogP contribution in [-0.2, 0) is 120 Å². The van der Waals surface area contributed by atoms with E-state index in [0.717, 1.165) is 151 Å². The summed E-state index contributed by atoms with van der Waals surface area (Å²) in [4.78, 5) is 128. The Morgan fingerprint density at radius 2 is 1.18 bits per heavy atom.